The molecule has 1 N–H and O–H groups in total. The normalized spacial score (nSPS) is 15.9. The molecule has 0 unspecified atom stereocenters. The van der Waals surface area contributed by atoms with Crippen molar-refractivity contribution in [1.29, 1.82) is 0 Å². The first-order chi connectivity index (χ1) is 6.60. The Balaban J connectivity index is 2.71. The third kappa shape index (κ3) is 1.95. The molecular formula is C8H10N2O3S. The van der Waals surface area contributed by atoms with Crippen molar-refractivity contribution in [2.45, 2.75) is 0 Å². The first-order valence-corrected chi connectivity index (χ1v) is 5.14. The summed E-state index contributed by atoms with van der Waals surface area (Å²) in [4.78, 5) is 34.9. The van der Waals surface area contributed by atoms with Gasteiger partial charge < -0.3 is 5.32 Å². The van der Waals surface area contributed by atoms with Crippen molar-refractivity contribution in [2.75, 3.05) is 19.8 Å². The summed E-state index contributed by atoms with van der Waals surface area (Å²) < 4.78 is 0. The largest absolute Gasteiger partial charge is 0.358 e. The molecule has 0 aliphatic carbocycles. The number of carbonyl (C=O) groups is 3. The molecule has 1 heterocycles. The van der Waals surface area contributed by atoms with Crippen molar-refractivity contribution in [1.82, 2.24) is 10.2 Å². The van der Waals surface area contributed by atoms with Crippen molar-refractivity contribution >= 4 is 29.5 Å². The number of nitrogens with zero attached hydrogens (tertiary/aromatic N) is 1. The smallest absolute Gasteiger partial charge is 0.267 e. The summed E-state index contributed by atoms with van der Waals surface area (Å²) in [6.45, 7) is -0.214. The highest BCUT2D eigenvalue weighted by molar-refractivity contribution is 8.03. The summed E-state index contributed by atoms with van der Waals surface area (Å²) in [5.74, 6) is -1.18. The molecule has 0 bridgehead atoms. The van der Waals surface area contributed by atoms with Crippen LogP contribution in [0.3, 0.4) is 0 Å². The third-order valence-corrected chi connectivity index (χ3v) is 2.51. The molecule has 14 heavy (non-hydrogen) atoms. The molecule has 0 radical (unpaired) electrons. The van der Waals surface area contributed by atoms with Crippen LogP contribution in [0, 0.1) is 0 Å². The van der Waals surface area contributed by atoms with Crippen LogP contribution in [-0.2, 0) is 14.4 Å². The highest BCUT2D eigenvalue weighted by atomic mass is 32.2. The van der Waals surface area contributed by atoms with E-state index in [2.05, 4.69) is 5.32 Å². The van der Waals surface area contributed by atoms with E-state index < -0.39 is 11.8 Å². The van der Waals surface area contributed by atoms with E-state index >= 15 is 0 Å². The quantitative estimate of drug-likeness (QED) is 0.634. The lowest BCUT2D eigenvalue weighted by Crippen LogP contribution is -2.39. The Morgan fingerprint density at radius 2 is 2.21 bits per heavy atom. The molecule has 5 nitrogen and oxygen atoms in total. The first-order valence-electron chi connectivity index (χ1n) is 3.92. The van der Waals surface area contributed by atoms with Gasteiger partial charge in [0.1, 0.15) is 6.54 Å². The fourth-order valence-electron chi connectivity index (χ4n) is 1.00. The van der Waals surface area contributed by atoms with Crippen molar-refractivity contribution < 1.29 is 14.4 Å². The van der Waals surface area contributed by atoms with Gasteiger partial charge in [-0.15, -0.1) is 11.8 Å². The minimum atomic E-state index is -0.428. The van der Waals surface area contributed by atoms with E-state index in [-0.39, 0.29) is 12.5 Å². The Labute approximate surface area is 85.5 Å². The molecule has 1 aliphatic rings. The second-order valence-electron chi connectivity index (χ2n) is 2.62. The highest BCUT2D eigenvalue weighted by Gasteiger charge is 2.31. The first kappa shape index (κ1) is 10.8. The predicted octanol–water partition coefficient (Wildman–Crippen LogP) is -0.652. The second kappa shape index (κ2) is 4.28. The maximum atomic E-state index is 11.4. The van der Waals surface area contributed by atoms with Crippen LogP contribution in [0.5, 0.6) is 0 Å². The molecule has 1 rings (SSSR count). The van der Waals surface area contributed by atoms with Gasteiger partial charge in [-0.3, -0.25) is 19.3 Å². The molecule has 0 aromatic carbocycles. The molecule has 76 valence electrons. The van der Waals surface area contributed by atoms with E-state index in [1.165, 1.54) is 24.9 Å². The maximum absolute atomic E-state index is 11.4. The Bertz CT molecular complexity index is 325. The number of carbonyl (C=O) groups excluding carboxylic acids is 3. The van der Waals surface area contributed by atoms with Gasteiger partial charge in [-0.2, -0.15) is 0 Å². The fourth-order valence-corrected chi connectivity index (χ4v) is 1.51. The lowest BCUT2D eigenvalue weighted by atomic mass is 10.5. The van der Waals surface area contributed by atoms with E-state index in [9.17, 15) is 14.4 Å². The number of rotatable bonds is 3. The van der Waals surface area contributed by atoms with Gasteiger partial charge in [0.15, 0.2) is 0 Å². The maximum Gasteiger partial charge on any atom is 0.267 e. The zero-order valence-electron chi connectivity index (χ0n) is 7.86. The summed E-state index contributed by atoms with van der Waals surface area (Å²) >= 11 is 1.20. The van der Waals surface area contributed by atoms with Gasteiger partial charge in [-0.1, -0.05) is 0 Å². The van der Waals surface area contributed by atoms with E-state index in [0.717, 1.165) is 4.90 Å². The number of imide groups is 1. The lowest BCUT2D eigenvalue weighted by molar-refractivity contribution is -0.141. The monoisotopic (exact) mass is 214 g/mol. The molecule has 0 aromatic heterocycles. The standard InChI is InChI=1S/C8H10N2O3S/c1-9-6(11)4-10-7(12)3-5(14-2)8(10)13/h3H,4H2,1-2H3,(H,9,11). The lowest BCUT2D eigenvalue weighted by Gasteiger charge is -2.12. The van der Waals surface area contributed by atoms with Gasteiger partial charge in [0.05, 0.1) is 4.91 Å². The molecule has 3 amide bonds. The van der Waals surface area contributed by atoms with Crippen LogP contribution in [-0.4, -0.2) is 42.5 Å². The second-order valence-corrected chi connectivity index (χ2v) is 3.46. The van der Waals surface area contributed by atoms with Crippen LogP contribution in [0.4, 0.5) is 0 Å². The molecule has 0 spiro atoms. The SMILES string of the molecule is CNC(=O)CN1C(=O)C=C(SC)C1=O. The molecule has 0 aromatic rings. The van der Waals surface area contributed by atoms with Crippen LogP contribution in [0.15, 0.2) is 11.0 Å². The van der Waals surface area contributed by atoms with Crippen LogP contribution < -0.4 is 5.32 Å². The number of likely N-dealkylation sites (N-methyl/N-ethyl adjacent to an activating group) is 1. The molecule has 0 saturated heterocycles. The molecular weight excluding hydrogens is 204 g/mol. The average Bonchev–Trinajstić information content (AvgIpc) is 2.44. The third-order valence-electron chi connectivity index (χ3n) is 1.78. The molecule has 0 fully saturated rings. The minimum absolute atomic E-state index is 0.214. The number of hydrogen-bond acceptors (Lipinski definition) is 4. The van der Waals surface area contributed by atoms with Crippen LogP contribution >= 0.6 is 11.8 Å². The van der Waals surface area contributed by atoms with Crippen molar-refractivity contribution in [3.63, 3.8) is 0 Å². The Morgan fingerprint density at radius 3 is 2.64 bits per heavy atom. The zero-order valence-corrected chi connectivity index (χ0v) is 8.68. The van der Waals surface area contributed by atoms with Gasteiger partial charge in [0.25, 0.3) is 11.8 Å². The average molecular weight is 214 g/mol. The van der Waals surface area contributed by atoms with Crippen LogP contribution in [0.1, 0.15) is 0 Å². The molecule has 1 aliphatic heterocycles. The Morgan fingerprint density at radius 1 is 1.57 bits per heavy atom. The fraction of sp³-hybridized carbons (Fsp3) is 0.375. The number of nitrogens with one attached hydrogen (secondary N) is 1. The molecule has 0 saturated carbocycles. The number of thioether (sulfide) groups is 1. The molecule has 0 atom stereocenters. The van der Waals surface area contributed by atoms with Crippen LogP contribution in [0.2, 0.25) is 0 Å². The van der Waals surface area contributed by atoms with Crippen molar-refractivity contribution in [3.8, 4) is 0 Å². The van der Waals surface area contributed by atoms with Gasteiger partial charge in [-0.25, -0.2) is 0 Å². The van der Waals surface area contributed by atoms with E-state index in [1.54, 1.807) is 6.26 Å². The number of hydrogen-bond donors (Lipinski definition) is 1. The topological polar surface area (TPSA) is 66.5 Å². The van der Waals surface area contributed by atoms with Gasteiger partial charge in [0, 0.05) is 13.1 Å². The van der Waals surface area contributed by atoms with Crippen molar-refractivity contribution in [2.24, 2.45) is 0 Å². The van der Waals surface area contributed by atoms with E-state index in [4.69, 9.17) is 0 Å². The van der Waals surface area contributed by atoms with Gasteiger partial charge in [0.2, 0.25) is 5.91 Å². The minimum Gasteiger partial charge on any atom is -0.358 e. The molecule has 6 heteroatoms. The number of amides is 3. The highest BCUT2D eigenvalue weighted by Crippen LogP contribution is 2.21. The van der Waals surface area contributed by atoms with E-state index in [0.29, 0.717) is 4.91 Å². The summed E-state index contributed by atoms with van der Waals surface area (Å²) in [7, 11) is 1.45. The Hall–Kier alpha value is -1.30. The van der Waals surface area contributed by atoms with E-state index in [1.807, 2.05) is 0 Å². The summed E-state index contributed by atoms with van der Waals surface area (Å²) in [5, 5.41) is 2.35. The van der Waals surface area contributed by atoms with Crippen LogP contribution in [0.25, 0.3) is 0 Å². The zero-order chi connectivity index (χ0) is 10.7. The van der Waals surface area contributed by atoms with Crippen molar-refractivity contribution in [3.05, 3.63) is 11.0 Å². The van der Waals surface area contributed by atoms with Gasteiger partial charge >= 0.3 is 0 Å². The summed E-state index contributed by atoms with van der Waals surface area (Å²) in [6.07, 6.45) is 2.95. The predicted molar refractivity (Wildman–Crippen MR) is 52.4 cm³/mol. The van der Waals surface area contributed by atoms with Gasteiger partial charge in [-0.05, 0) is 6.26 Å². The summed E-state index contributed by atoms with van der Waals surface area (Å²) in [5.41, 5.74) is 0. The Kier molecular flexibility index (Phi) is 3.29. The summed E-state index contributed by atoms with van der Waals surface area (Å²) in [6, 6.07) is 0.